The van der Waals surface area contributed by atoms with Crippen molar-refractivity contribution < 1.29 is 22.3 Å². The first-order valence-electron chi connectivity index (χ1n) is 5.90. The van der Waals surface area contributed by atoms with Crippen molar-refractivity contribution in [3.8, 4) is 0 Å². The Morgan fingerprint density at radius 1 is 1.26 bits per heavy atom. The Bertz CT molecular complexity index is 577. The van der Waals surface area contributed by atoms with E-state index in [2.05, 4.69) is 0 Å². The second kappa shape index (κ2) is 4.81. The Morgan fingerprint density at radius 2 is 1.84 bits per heavy atom. The van der Waals surface area contributed by atoms with E-state index in [1.54, 1.807) is 6.92 Å². The molecule has 1 aromatic carbocycles. The molecule has 0 saturated carbocycles. The van der Waals surface area contributed by atoms with E-state index < -0.39 is 32.2 Å². The van der Waals surface area contributed by atoms with Gasteiger partial charge in [0.1, 0.15) is 16.5 Å². The van der Waals surface area contributed by atoms with E-state index in [0.29, 0.717) is 6.07 Å². The zero-order valence-electron chi connectivity index (χ0n) is 10.4. The SMILES string of the molecule is CC1(O)CCN(S(=O)(=O)c2ccc(F)cc2F)CC1. The van der Waals surface area contributed by atoms with Crippen LogP contribution in [0.4, 0.5) is 8.78 Å². The molecule has 0 atom stereocenters. The molecule has 1 aromatic rings. The molecule has 1 heterocycles. The quantitative estimate of drug-likeness (QED) is 0.898. The standard InChI is InChI=1S/C12H15F2NO3S/c1-12(16)4-6-15(7-5-12)19(17,18)11-3-2-9(13)8-10(11)14/h2-3,8,16H,4-7H2,1H3. The summed E-state index contributed by atoms with van der Waals surface area (Å²) < 4.78 is 51.9. The van der Waals surface area contributed by atoms with Gasteiger partial charge in [-0.15, -0.1) is 0 Å². The summed E-state index contributed by atoms with van der Waals surface area (Å²) >= 11 is 0. The smallest absolute Gasteiger partial charge is 0.245 e. The highest BCUT2D eigenvalue weighted by Crippen LogP contribution is 2.27. The molecule has 0 aliphatic carbocycles. The fourth-order valence-corrected chi connectivity index (χ4v) is 3.52. The summed E-state index contributed by atoms with van der Waals surface area (Å²) in [6, 6.07) is 2.38. The molecule has 0 amide bonds. The van der Waals surface area contributed by atoms with Crippen molar-refractivity contribution in [1.82, 2.24) is 4.31 Å². The minimum absolute atomic E-state index is 0.117. The largest absolute Gasteiger partial charge is 0.390 e. The van der Waals surface area contributed by atoms with Gasteiger partial charge in [0.25, 0.3) is 0 Å². The second-order valence-corrected chi connectivity index (χ2v) is 6.88. The van der Waals surface area contributed by atoms with Crippen LogP contribution in [-0.2, 0) is 10.0 Å². The first-order chi connectivity index (χ1) is 8.72. The lowest BCUT2D eigenvalue weighted by molar-refractivity contribution is 0.0126. The van der Waals surface area contributed by atoms with Crippen molar-refractivity contribution in [3.05, 3.63) is 29.8 Å². The molecule has 0 radical (unpaired) electrons. The van der Waals surface area contributed by atoms with Crippen LogP contribution in [0.2, 0.25) is 0 Å². The van der Waals surface area contributed by atoms with Gasteiger partial charge in [-0.2, -0.15) is 4.31 Å². The highest BCUT2D eigenvalue weighted by atomic mass is 32.2. The highest BCUT2D eigenvalue weighted by Gasteiger charge is 2.35. The summed E-state index contributed by atoms with van der Waals surface area (Å²) in [4.78, 5) is -0.532. The molecule has 1 aliphatic heterocycles. The third kappa shape index (κ3) is 2.93. The van der Waals surface area contributed by atoms with Crippen LogP contribution in [0, 0.1) is 11.6 Å². The van der Waals surface area contributed by atoms with Gasteiger partial charge < -0.3 is 5.11 Å². The second-order valence-electron chi connectivity index (χ2n) is 4.98. The van der Waals surface area contributed by atoms with Crippen molar-refractivity contribution in [2.24, 2.45) is 0 Å². The summed E-state index contributed by atoms with van der Waals surface area (Å²) in [5.41, 5.74) is -0.895. The molecule has 2 rings (SSSR count). The average Bonchev–Trinajstić information content (AvgIpc) is 2.27. The molecule has 4 nitrogen and oxygen atoms in total. The predicted octanol–water partition coefficient (Wildman–Crippen LogP) is 1.50. The van der Waals surface area contributed by atoms with Crippen molar-refractivity contribution in [2.75, 3.05) is 13.1 Å². The molecule has 0 spiro atoms. The number of rotatable bonds is 2. The van der Waals surface area contributed by atoms with Gasteiger partial charge in [0.2, 0.25) is 10.0 Å². The van der Waals surface area contributed by atoms with Crippen LogP contribution >= 0.6 is 0 Å². The maximum atomic E-state index is 13.6. The van der Waals surface area contributed by atoms with Crippen LogP contribution < -0.4 is 0 Å². The van der Waals surface area contributed by atoms with Gasteiger partial charge in [-0.1, -0.05) is 0 Å². The minimum Gasteiger partial charge on any atom is -0.390 e. The molecule has 1 N–H and O–H groups in total. The lowest BCUT2D eigenvalue weighted by Crippen LogP contribution is -2.45. The Balaban J connectivity index is 2.28. The van der Waals surface area contributed by atoms with Crippen molar-refractivity contribution in [1.29, 1.82) is 0 Å². The molecule has 7 heteroatoms. The maximum Gasteiger partial charge on any atom is 0.245 e. The van der Waals surface area contributed by atoms with Gasteiger partial charge in [-0.3, -0.25) is 0 Å². The lowest BCUT2D eigenvalue weighted by Gasteiger charge is -2.34. The van der Waals surface area contributed by atoms with Crippen LogP contribution in [0.1, 0.15) is 19.8 Å². The third-order valence-corrected chi connectivity index (χ3v) is 5.24. The Kier molecular flexibility index (Phi) is 3.63. The number of nitrogens with zero attached hydrogens (tertiary/aromatic N) is 1. The van der Waals surface area contributed by atoms with Gasteiger partial charge in [0.05, 0.1) is 5.60 Å². The molecule has 106 valence electrons. The molecule has 0 unspecified atom stereocenters. The van der Waals surface area contributed by atoms with Crippen LogP contribution in [-0.4, -0.2) is 36.5 Å². The minimum atomic E-state index is -3.98. The average molecular weight is 291 g/mol. The van der Waals surface area contributed by atoms with Gasteiger partial charge in [0.15, 0.2) is 0 Å². The Labute approximate surface area is 110 Å². The van der Waals surface area contributed by atoms with Gasteiger partial charge in [-0.25, -0.2) is 17.2 Å². The molecule has 1 aliphatic rings. The summed E-state index contributed by atoms with van der Waals surface area (Å²) in [5.74, 6) is -1.92. The van der Waals surface area contributed by atoms with Crippen LogP contribution in [0.15, 0.2) is 23.1 Å². The van der Waals surface area contributed by atoms with Crippen molar-refractivity contribution in [2.45, 2.75) is 30.3 Å². The summed E-state index contributed by atoms with van der Waals surface area (Å²) in [7, 11) is -3.98. The van der Waals surface area contributed by atoms with Crippen molar-refractivity contribution in [3.63, 3.8) is 0 Å². The van der Waals surface area contributed by atoms with E-state index >= 15 is 0 Å². The van der Waals surface area contributed by atoms with Crippen LogP contribution in [0.3, 0.4) is 0 Å². The number of sulfonamides is 1. The molecule has 19 heavy (non-hydrogen) atoms. The molecule has 0 bridgehead atoms. The Hall–Kier alpha value is -1.05. The van der Waals surface area contributed by atoms with E-state index in [1.165, 1.54) is 0 Å². The molecule has 1 fully saturated rings. The summed E-state index contributed by atoms with van der Waals surface area (Å²) in [6.45, 7) is 1.87. The molecular weight excluding hydrogens is 276 g/mol. The Morgan fingerprint density at radius 3 is 2.37 bits per heavy atom. The maximum absolute atomic E-state index is 13.6. The number of piperidine rings is 1. The first-order valence-corrected chi connectivity index (χ1v) is 7.34. The number of aliphatic hydroxyl groups is 1. The molecule has 0 aromatic heterocycles. The van der Waals surface area contributed by atoms with E-state index in [-0.39, 0.29) is 25.9 Å². The first kappa shape index (κ1) is 14.4. The normalized spacial score (nSPS) is 20.4. The van der Waals surface area contributed by atoms with E-state index in [0.717, 1.165) is 16.4 Å². The molecule has 1 saturated heterocycles. The number of hydrogen-bond donors (Lipinski definition) is 1. The number of hydrogen-bond acceptors (Lipinski definition) is 3. The van der Waals surface area contributed by atoms with Crippen LogP contribution in [0.25, 0.3) is 0 Å². The van der Waals surface area contributed by atoms with E-state index in [1.807, 2.05) is 0 Å². The van der Waals surface area contributed by atoms with Gasteiger partial charge in [-0.05, 0) is 31.9 Å². The monoisotopic (exact) mass is 291 g/mol. The number of halogens is 2. The predicted molar refractivity (Wildman–Crippen MR) is 65.0 cm³/mol. The van der Waals surface area contributed by atoms with E-state index in [4.69, 9.17) is 0 Å². The zero-order valence-corrected chi connectivity index (χ0v) is 11.3. The topological polar surface area (TPSA) is 57.6 Å². The van der Waals surface area contributed by atoms with E-state index in [9.17, 15) is 22.3 Å². The van der Waals surface area contributed by atoms with Gasteiger partial charge in [0, 0.05) is 19.2 Å². The highest BCUT2D eigenvalue weighted by molar-refractivity contribution is 7.89. The fraction of sp³-hybridized carbons (Fsp3) is 0.500. The fourth-order valence-electron chi connectivity index (χ4n) is 2.03. The van der Waals surface area contributed by atoms with Crippen molar-refractivity contribution >= 4 is 10.0 Å². The summed E-state index contributed by atoms with van der Waals surface area (Å²) in [6.07, 6.45) is 0.573. The van der Waals surface area contributed by atoms with Crippen LogP contribution in [0.5, 0.6) is 0 Å². The third-order valence-electron chi connectivity index (χ3n) is 3.31. The summed E-state index contributed by atoms with van der Waals surface area (Å²) in [5, 5.41) is 9.77. The lowest BCUT2D eigenvalue weighted by atomic mass is 9.95. The zero-order chi connectivity index (χ0) is 14.3. The van der Waals surface area contributed by atoms with Gasteiger partial charge >= 0.3 is 0 Å². The molecular formula is C12H15F2NO3S. The number of benzene rings is 1.